The molecule has 0 saturated heterocycles. The molecule has 0 aromatic carbocycles. The SMILES string of the molecule is CCCCCCCCCCCCSC(C)CC(=O)[C@H]1C(C)=CCCC1(C)C. The lowest BCUT2D eigenvalue weighted by Gasteiger charge is -2.37. The molecule has 2 heteroatoms. The van der Waals surface area contributed by atoms with Crippen molar-refractivity contribution in [2.24, 2.45) is 11.3 Å². The third kappa shape index (κ3) is 10.2. The number of hydrogen-bond donors (Lipinski definition) is 0. The van der Waals surface area contributed by atoms with Crippen LogP contribution >= 0.6 is 11.8 Å². The molecule has 158 valence electrons. The number of Topliss-reactive ketones (excluding diaryl/α,β-unsaturated/α-hetero) is 1. The predicted molar refractivity (Wildman–Crippen MR) is 124 cm³/mol. The van der Waals surface area contributed by atoms with Crippen molar-refractivity contribution in [3.8, 4) is 0 Å². The van der Waals surface area contributed by atoms with Crippen LogP contribution in [0, 0.1) is 11.3 Å². The van der Waals surface area contributed by atoms with Crippen LogP contribution in [0.25, 0.3) is 0 Å². The molecule has 0 amide bonds. The Labute approximate surface area is 174 Å². The maximum absolute atomic E-state index is 12.9. The summed E-state index contributed by atoms with van der Waals surface area (Å²) in [7, 11) is 0. The topological polar surface area (TPSA) is 17.1 Å². The van der Waals surface area contributed by atoms with Gasteiger partial charge in [-0.25, -0.2) is 0 Å². The molecule has 0 aromatic rings. The molecular weight excluding hydrogens is 348 g/mol. The molecule has 2 atom stereocenters. The number of allylic oxidation sites excluding steroid dienone is 2. The lowest BCUT2D eigenvalue weighted by Crippen LogP contribution is -2.35. The minimum absolute atomic E-state index is 0.136. The van der Waals surface area contributed by atoms with Crippen molar-refractivity contribution < 1.29 is 4.79 Å². The molecule has 1 aliphatic rings. The van der Waals surface area contributed by atoms with Gasteiger partial charge in [0.15, 0.2) is 0 Å². The average molecular weight is 395 g/mol. The summed E-state index contributed by atoms with van der Waals surface area (Å²) in [6.45, 7) is 11.2. The predicted octanol–water partition coefficient (Wildman–Crippen LogP) is 8.37. The van der Waals surface area contributed by atoms with Gasteiger partial charge in [0.05, 0.1) is 0 Å². The van der Waals surface area contributed by atoms with Crippen LogP contribution in [0.2, 0.25) is 0 Å². The van der Waals surface area contributed by atoms with Crippen molar-refractivity contribution in [2.45, 2.75) is 123 Å². The Bertz CT molecular complexity index is 438. The van der Waals surface area contributed by atoms with Gasteiger partial charge >= 0.3 is 0 Å². The number of unbranched alkanes of at least 4 members (excludes halogenated alkanes) is 9. The average Bonchev–Trinajstić information content (AvgIpc) is 2.58. The zero-order chi connectivity index (χ0) is 20.1. The molecule has 0 aliphatic heterocycles. The lowest BCUT2D eigenvalue weighted by atomic mass is 9.66. The van der Waals surface area contributed by atoms with Gasteiger partial charge in [-0.1, -0.05) is 97.1 Å². The van der Waals surface area contributed by atoms with Crippen LogP contribution in [0.3, 0.4) is 0 Å². The molecule has 27 heavy (non-hydrogen) atoms. The second-order valence-corrected chi connectivity index (χ2v) is 11.0. The summed E-state index contributed by atoms with van der Waals surface area (Å²) in [6.07, 6.45) is 19.2. The second-order valence-electron chi connectivity index (χ2n) is 9.44. The maximum Gasteiger partial charge on any atom is 0.141 e. The fourth-order valence-electron chi connectivity index (χ4n) is 4.57. The summed E-state index contributed by atoms with van der Waals surface area (Å²) >= 11 is 2.01. The number of carbonyl (C=O) groups excluding carboxylic acids is 1. The van der Waals surface area contributed by atoms with Crippen molar-refractivity contribution in [1.29, 1.82) is 0 Å². The first-order valence-corrected chi connectivity index (χ1v) is 12.7. The zero-order valence-corrected chi connectivity index (χ0v) is 19.8. The van der Waals surface area contributed by atoms with E-state index in [1.54, 1.807) is 0 Å². The third-order valence-corrected chi connectivity index (χ3v) is 7.46. The van der Waals surface area contributed by atoms with Crippen molar-refractivity contribution in [1.82, 2.24) is 0 Å². The molecule has 1 unspecified atom stereocenters. The molecule has 1 aliphatic carbocycles. The van der Waals surface area contributed by atoms with Crippen LogP contribution in [-0.2, 0) is 4.79 Å². The van der Waals surface area contributed by atoms with Crippen molar-refractivity contribution in [3.63, 3.8) is 0 Å². The molecule has 0 bridgehead atoms. The van der Waals surface area contributed by atoms with Crippen LogP contribution < -0.4 is 0 Å². The summed E-state index contributed by atoms with van der Waals surface area (Å²) in [5, 5.41) is 0.460. The fraction of sp³-hybridized carbons (Fsp3) is 0.880. The van der Waals surface area contributed by atoms with E-state index in [4.69, 9.17) is 0 Å². The third-order valence-electron chi connectivity index (χ3n) is 6.20. The van der Waals surface area contributed by atoms with Gasteiger partial charge in [0, 0.05) is 17.6 Å². The van der Waals surface area contributed by atoms with Gasteiger partial charge in [-0.2, -0.15) is 11.8 Å². The number of thioether (sulfide) groups is 1. The quantitative estimate of drug-likeness (QED) is 0.205. The first-order chi connectivity index (χ1) is 12.9. The molecule has 0 heterocycles. The Kier molecular flexibility index (Phi) is 12.7. The molecular formula is C25H46OS. The van der Waals surface area contributed by atoms with E-state index in [-0.39, 0.29) is 11.3 Å². The summed E-state index contributed by atoms with van der Waals surface area (Å²) in [4.78, 5) is 12.9. The summed E-state index contributed by atoms with van der Waals surface area (Å²) < 4.78 is 0. The van der Waals surface area contributed by atoms with Crippen LogP contribution in [0.5, 0.6) is 0 Å². The van der Waals surface area contributed by atoms with Crippen LogP contribution in [0.4, 0.5) is 0 Å². The van der Waals surface area contributed by atoms with Gasteiger partial charge in [0.1, 0.15) is 5.78 Å². The number of ketones is 1. The van der Waals surface area contributed by atoms with Crippen molar-refractivity contribution in [2.75, 3.05) is 5.75 Å². The normalized spacial score (nSPS) is 20.3. The number of hydrogen-bond acceptors (Lipinski definition) is 2. The van der Waals surface area contributed by atoms with Crippen LogP contribution in [0.15, 0.2) is 11.6 Å². The standard InChI is InChI=1S/C25H46OS/c1-6-7-8-9-10-11-12-13-14-15-19-27-22(3)20-23(26)24-21(2)17-16-18-25(24,4)5/h17,22,24H,6-16,18-20H2,1-5H3/t22?,24-/m1/s1. The van der Waals surface area contributed by atoms with E-state index in [0.717, 1.165) is 19.3 Å². The molecule has 0 spiro atoms. The first-order valence-electron chi connectivity index (χ1n) is 11.7. The van der Waals surface area contributed by atoms with Gasteiger partial charge in [-0.05, 0) is 37.4 Å². The molecule has 0 aromatic heterocycles. The van der Waals surface area contributed by atoms with E-state index < -0.39 is 0 Å². The maximum atomic E-state index is 12.9. The molecule has 0 saturated carbocycles. The Hall–Kier alpha value is -0.240. The van der Waals surface area contributed by atoms with Crippen molar-refractivity contribution >= 4 is 17.5 Å². The minimum Gasteiger partial charge on any atom is -0.299 e. The van der Waals surface area contributed by atoms with E-state index in [1.807, 2.05) is 11.8 Å². The smallest absolute Gasteiger partial charge is 0.141 e. The Morgan fingerprint density at radius 3 is 2.19 bits per heavy atom. The van der Waals surface area contributed by atoms with E-state index in [0.29, 0.717) is 11.0 Å². The second kappa shape index (κ2) is 13.9. The van der Waals surface area contributed by atoms with Crippen LogP contribution in [-0.4, -0.2) is 16.8 Å². The summed E-state index contributed by atoms with van der Waals surface area (Å²) in [5.74, 6) is 1.83. The van der Waals surface area contributed by atoms with Gasteiger partial charge in [-0.3, -0.25) is 4.79 Å². The van der Waals surface area contributed by atoms with Gasteiger partial charge in [0.2, 0.25) is 0 Å². The zero-order valence-electron chi connectivity index (χ0n) is 18.9. The fourth-order valence-corrected chi connectivity index (χ4v) is 5.63. The summed E-state index contributed by atoms with van der Waals surface area (Å²) in [5.41, 5.74) is 1.44. The van der Waals surface area contributed by atoms with Gasteiger partial charge in [-0.15, -0.1) is 0 Å². The van der Waals surface area contributed by atoms with E-state index in [9.17, 15) is 4.79 Å². The monoisotopic (exact) mass is 394 g/mol. The largest absolute Gasteiger partial charge is 0.299 e. The van der Waals surface area contributed by atoms with E-state index in [2.05, 4.69) is 40.7 Å². The highest BCUT2D eigenvalue weighted by atomic mass is 32.2. The Balaban J connectivity index is 2.08. The van der Waals surface area contributed by atoms with Crippen molar-refractivity contribution in [3.05, 3.63) is 11.6 Å². The van der Waals surface area contributed by atoms with Gasteiger partial charge in [0.25, 0.3) is 0 Å². The highest BCUT2D eigenvalue weighted by Crippen LogP contribution is 2.42. The molecule has 0 N–H and O–H groups in total. The molecule has 1 rings (SSSR count). The van der Waals surface area contributed by atoms with Gasteiger partial charge < -0.3 is 0 Å². The Morgan fingerprint density at radius 2 is 1.63 bits per heavy atom. The van der Waals surface area contributed by atoms with Crippen LogP contribution in [0.1, 0.15) is 118 Å². The summed E-state index contributed by atoms with van der Waals surface area (Å²) in [6, 6.07) is 0. The minimum atomic E-state index is 0.136. The highest BCUT2D eigenvalue weighted by Gasteiger charge is 2.37. The molecule has 1 nitrogen and oxygen atoms in total. The number of carbonyl (C=O) groups is 1. The molecule has 0 radical (unpaired) electrons. The van der Waals surface area contributed by atoms with E-state index >= 15 is 0 Å². The lowest BCUT2D eigenvalue weighted by molar-refractivity contribution is -0.125. The Morgan fingerprint density at radius 1 is 1.07 bits per heavy atom. The first kappa shape index (κ1) is 24.8. The van der Waals surface area contributed by atoms with E-state index in [1.165, 1.54) is 75.5 Å². The molecule has 0 fully saturated rings. The highest BCUT2D eigenvalue weighted by molar-refractivity contribution is 7.99. The number of rotatable bonds is 15.